The fourth-order valence-corrected chi connectivity index (χ4v) is 5.40. The molecule has 33 heavy (non-hydrogen) atoms. The summed E-state index contributed by atoms with van der Waals surface area (Å²) in [6.45, 7) is 2.90. The largest absolute Gasteiger partial charge is 0.486 e. The number of thiophene rings is 1. The quantitative estimate of drug-likeness (QED) is 0.643. The zero-order valence-corrected chi connectivity index (χ0v) is 19.1. The van der Waals surface area contributed by atoms with Gasteiger partial charge in [-0.1, -0.05) is 18.2 Å². The lowest BCUT2D eigenvalue weighted by Gasteiger charge is -2.40. The SMILES string of the molecule is CN1C(=O)[C@H](c2ccc3c(c2)OCCO3)[C@@](C)(c2cc(-c3cccc(C#N)c3)cs2)N=C1N. The van der Waals surface area contributed by atoms with Gasteiger partial charge in [0.25, 0.3) is 0 Å². The van der Waals surface area contributed by atoms with E-state index in [0.717, 1.165) is 21.6 Å². The molecule has 3 heterocycles. The molecule has 2 aromatic carbocycles. The summed E-state index contributed by atoms with van der Waals surface area (Å²) in [5.41, 5.74) is 8.55. The Morgan fingerprint density at radius 2 is 1.94 bits per heavy atom. The zero-order valence-electron chi connectivity index (χ0n) is 18.2. The summed E-state index contributed by atoms with van der Waals surface area (Å²) in [7, 11) is 1.64. The van der Waals surface area contributed by atoms with Crippen LogP contribution in [0.25, 0.3) is 11.1 Å². The lowest BCUT2D eigenvalue weighted by molar-refractivity contribution is -0.130. The molecule has 0 fully saturated rings. The molecule has 1 amide bonds. The van der Waals surface area contributed by atoms with Gasteiger partial charge < -0.3 is 15.2 Å². The van der Waals surface area contributed by atoms with Crippen molar-refractivity contribution in [3.63, 3.8) is 0 Å². The number of likely N-dealkylation sites (N-methyl/N-ethyl adjacent to an activating group) is 1. The normalized spacial score (nSPS) is 22.0. The molecule has 0 aliphatic carbocycles. The number of hydrogen-bond donors (Lipinski definition) is 1. The summed E-state index contributed by atoms with van der Waals surface area (Å²) in [6, 6.07) is 17.3. The van der Waals surface area contributed by atoms with Gasteiger partial charge in [0.1, 0.15) is 18.8 Å². The topological polar surface area (TPSA) is 101 Å². The summed E-state index contributed by atoms with van der Waals surface area (Å²) in [6.07, 6.45) is 0. The van der Waals surface area contributed by atoms with Gasteiger partial charge in [0, 0.05) is 11.9 Å². The second-order valence-corrected chi connectivity index (χ2v) is 9.15. The number of nitriles is 1. The molecule has 0 bridgehead atoms. The molecule has 8 heteroatoms. The minimum atomic E-state index is -0.910. The van der Waals surface area contributed by atoms with E-state index in [2.05, 4.69) is 6.07 Å². The molecule has 2 aliphatic rings. The lowest BCUT2D eigenvalue weighted by atomic mass is 9.77. The van der Waals surface area contributed by atoms with Crippen molar-refractivity contribution < 1.29 is 14.3 Å². The molecule has 0 unspecified atom stereocenters. The van der Waals surface area contributed by atoms with E-state index in [0.29, 0.717) is 30.3 Å². The van der Waals surface area contributed by atoms with E-state index in [1.165, 1.54) is 16.2 Å². The first kappa shape index (κ1) is 21.0. The number of nitrogens with two attached hydrogens (primary N) is 1. The number of guanidine groups is 1. The highest BCUT2D eigenvalue weighted by atomic mass is 32.1. The van der Waals surface area contributed by atoms with Crippen LogP contribution < -0.4 is 15.2 Å². The average Bonchev–Trinajstić information content (AvgIpc) is 3.34. The van der Waals surface area contributed by atoms with Crippen molar-refractivity contribution in [2.75, 3.05) is 20.3 Å². The molecule has 166 valence electrons. The third-order valence-corrected chi connectivity index (χ3v) is 7.31. The highest BCUT2D eigenvalue weighted by molar-refractivity contribution is 7.10. The molecule has 2 aliphatic heterocycles. The van der Waals surface area contributed by atoms with Crippen LogP contribution in [0, 0.1) is 11.3 Å². The van der Waals surface area contributed by atoms with Crippen LogP contribution in [0.1, 0.15) is 28.8 Å². The van der Waals surface area contributed by atoms with Gasteiger partial charge in [0.05, 0.1) is 17.6 Å². The maximum atomic E-state index is 13.5. The molecule has 1 aromatic heterocycles. The van der Waals surface area contributed by atoms with Crippen LogP contribution in [-0.2, 0) is 10.3 Å². The van der Waals surface area contributed by atoms with E-state index in [4.69, 9.17) is 20.2 Å². The number of benzene rings is 2. The average molecular weight is 459 g/mol. The fraction of sp³-hybridized carbons (Fsp3) is 0.240. The molecule has 0 radical (unpaired) electrons. The summed E-state index contributed by atoms with van der Waals surface area (Å²) >= 11 is 1.52. The number of rotatable bonds is 3. The molecule has 7 nitrogen and oxygen atoms in total. The molecule has 0 spiro atoms. The Kier molecular flexibility index (Phi) is 5.06. The van der Waals surface area contributed by atoms with E-state index >= 15 is 0 Å². The van der Waals surface area contributed by atoms with Crippen LogP contribution in [-0.4, -0.2) is 37.0 Å². The van der Waals surface area contributed by atoms with E-state index in [9.17, 15) is 10.1 Å². The molecular weight excluding hydrogens is 436 g/mol. The summed E-state index contributed by atoms with van der Waals surface area (Å²) in [4.78, 5) is 20.6. The van der Waals surface area contributed by atoms with Gasteiger partial charge in [-0.05, 0) is 59.3 Å². The number of ether oxygens (including phenoxy) is 2. The minimum Gasteiger partial charge on any atom is -0.486 e. The highest BCUT2D eigenvalue weighted by Crippen LogP contribution is 2.48. The van der Waals surface area contributed by atoms with Crippen molar-refractivity contribution in [3.8, 4) is 28.7 Å². The van der Waals surface area contributed by atoms with Gasteiger partial charge in [-0.25, -0.2) is 4.99 Å². The van der Waals surface area contributed by atoms with Crippen LogP contribution in [0.15, 0.2) is 58.9 Å². The number of aliphatic imine (C=N–C) groups is 1. The van der Waals surface area contributed by atoms with Gasteiger partial charge in [0.2, 0.25) is 5.91 Å². The van der Waals surface area contributed by atoms with Crippen LogP contribution in [0.3, 0.4) is 0 Å². The molecule has 5 rings (SSSR count). The van der Waals surface area contributed by atoms with E-state index < -0.39 is 11.5 Å². The lowest BCUT2D eigenvalue weighted by Crippen LogP contribution is -2.52. The smallest absolute Gasteiger partial charge is 0.239 e. The van der Waals surface area contributed by atoms with Crippen LogP contribution >= 0.6 is 11.3 Å². The molecule has 3 aromatic rings. The van der Waals surface area contributed by atoms with E-state index in [1.54, 1.807) is 13.1 Å². The predicted molar refractivity (Wildman–Crippen MR) is 126 cm³/mol. The summed E-state index contributed by atoms with van der Waals surface area (Å²) in [5, 5.41) is 11.3. The highest BCUT2D eigenvalue weighted by Gasteiger charge is 2.48. The van der Waals surface area contributed by atoms with Crippen molar-refractivity contribution >= 4 is 23.2 Å². The Morgan fingerprint density at radius 3 is 2.73 bits per heavy atom. The van der Waals surface area contributed by atoms with Crippen LogP contribution in [0.2, 0.25) is 0 Å². The minimum absolute atomic E-state index is 0.136. The van der Waals surface area contributed by atoms with Gasteiger partial charge in [-0.2, -0.15) is 5.26 Å². The van der Waals surface area contributed by atoms with Crippen molar-refractivity contribution in [3.05, 3.63) is 69.9 Å². The van der Waals surface area contributed by atoms with Crippen molar-refractivity contribution in [1.82, 2.24) is 4.90 Å². The summed E-state index contributed by atoms with van der Waals surface area (Å²) < 4.78 is 11.4. The number of hydrogen-bond acceptors (Lipinski definition) is 7. The number of carbonyl (C=O) groups is 1. The van der Waals surface area contributed by atoms with Crippen LogP contribution in [0.4, 0.5) is 0 Å². The van der Waals surface area contributed by atoms with E-state index in [1.807, 2.05) is 54.8 Å². The van der Waals surface area contributed by atoms with Crippen molar-refractivity contribution in [2.24, 2.45) is 10.7 Å². The Morgan fingerprint density at radius 1 is 1.15 bits per heavy atom. The van der Waals surface area contributed by atoms with Gasteiger partial charge in [0.15, 0.2) is 17.5 Å². The zero-order chi connectivity index (χ0) is 23.2. The second-order valence-electron chi connectivity index (χ2n) is 8.24. The van der Waals surface area contributed by atoms with Crippen molar-refractivity contribution in [2.45, 2.75) is 18.4 Å². The standard InChI is InChI=1S/C25H22N4O3S/c1-25(21-12-18(14-33-21)16-5-3-4-15(10-16)13-26)22(23(30)29(2)24(27)28-25)17-6-7-19-20(11-17)32-9-8-31-19/h3-7,10-12,14,22H,8-9H2,1-2H3,(H2,27,28)/t22-,25+/m0/s1. The third-order valence-electron chi connectivity index (χ3n) is 6.15. The maximum Gasteiger partial charge on any atom is 0.239 e. The molecule has 2 atom stereocenters. The van der Waals surface area contributed by atoms with Crippen molar-refractivity contribution in [1.29, 1.82) is 5.26 Å². The molecule has 0 saturated carbocycles. The first-order chi connectivity index (χ1) is 15.9. The Bertz CT molecular complexity index is 1330. The van der Waals surface area contributed by atoms with Gasteiger partial charge in [-0.3, -0.25) is 9.69 Å². The number of carbonyl (C=O) groups excluding carboxylic acids is 1. The number of nitrogens with zero attached hydrogens (tertiary/aromatic N) is 3. The number of fused-ring (bicyclic) bond motifs is 1. The first-order valence-electron chi connectivity index (χ1n) is 10.5. The number of amides is 1. The Balaban J connectivity index is 1.61. The monoisotopic (exact) mass is 458 g/mol. The first-order valence-corrected chi connectivity index (χ1v) is 11.4. The fourth-order valence-electron chi connectivity index (χ4n) is 4.35. The second kappa shape index (κ2) is 7.94. The summed E-state index contributed by atoms with van der Waals surface area (Å²) in [5.74, 6) is 0.741. The molecular formula is C25H22N4O3S. The predicted octanol–water partition coefficient (Wildman–Crippen LogP) is 3.84. The van der Waals surface area contributed by atoms with Gasteiger partial charge >= 0.3 is 0 Å². The van der Waals surface area contributed by atoms with Crippen LogP contribution in [0.5, 0.6) is 11.5 Å². The van der Waals surface area contributed by atoms with E-state index in [-0.39, 0.29) is 11.9 Å². The maximum absolute atomic E-state index is 13.5. The third kappa shape index (κ3) is 3.51. The molecule has 2 N–H and O–H groups in total. The Hall–Kier alpha value is -3.83. The van der Waals surface area contributed by atoms with Gasteiger partial charge in [-0.15, -0.1) is 11.3 Å². The molecule has 0 saturated heterocycles. The Labute approximate surface area is 195 Å².